The standard InChI is InChI=1S/C15H11N3O5S/c1-10(19)14-8-11-7-12(18(20)21)9-16-15(11)17(14)24(22,23)13-5-3-2-4-6-13/h2-9H,1H3. The van der Waals surface area contributed by atoms with Gasteiger partial charge in [0.25, 0.3) is 15.7 Å². The predicted octanol–water partition coefficient (Wildman–Crippen LogP) is 2.38. The summed E-state index contributed by atoms with van der Waals surface area (Å²) in [5.74, 6) is -0.491. The van der Waals surface area contributed by atoms with Gasteiger partial charge in [0.15, 0.2) is 11.4 Å². The van der Waals surface area contributed by atoms with Crippen LogP contribution < -0.4 is 0 Å². The number of rotatable bonds is 4. The molecule has 0 N–H and O–H groups in total. The average molecular weight is 345 g/mol. The van der Waals surface area contributed by atoms with Gasteiger partial charge in [0.05, 0.1) is 9.82 Å². The molecule has 0 bridgehead atoms. The van der Waals surface area contributed by atoms with E-state index < -0.39 is 20.7 Å². The van der Waals surface area contributed by atoms with Crippen molar-refractivity contribution in [3.63, 3.8) is 0 Å². The van der Waals surface area contributed by atoms with E-state index in [4.69, 9.17) is 0 Å². The summed E-state index contributed by atoms with van der Waals surface area (Å²) in [6.45, 7) is 1.22. The fraction of sp³-hybridized carbons (Fsp3) is 0.0667. The van der Waals surface area contributed by atoms with Gasteiger partial charge in [-0.15, -0.1) is 0 Å². The molecular formula is C15H11N3O5S. The zero-order chi connectivity index (χ0) is 17.5. The highest BCUT2D eigenvalue weighted by Gasteiger charge is 2.26. The van der Waals surface area contributed by atoms with Crippen molar-refractivity contribution in [2.45, 2.75) is 11.8 Å². The van der Waals surface area contributed by atoms with Crippen LogP contribution in [0, 0.1) is 10.1 Å². The number of hydrogen-bond donors (Lipinski definition) is 0. The van der Waals surface area contributed by atoms with E-state index in [9.17, 15) is 23.3 Å². The summed E-state index contributed by atoms with van der Waals surface area (Å²) < 4.78 is 26.6. The molecule has 1 aromatic carbocycles. The van der Waals surface area contributed by atoms with Crippen molar-refractivity contribution in [3.05, 3.63) is 64.5 Å². The van der Waals surface area contributed by atoms with Crippen molar-refractivity contribution < 1.29 is 18.1 Å². The Morgan fingerprint density at radius 2 is 1.88 bits per heavy atom. The summed E-state index contributed by atoms with van der Waals surface area (Å²) in [6.07, 6.45) is 0.962. The third-order valence-electron chi connectivity index (χ3n) is 3.44. The van der Waals surface area contributed by atoms with Crippen LogP contribution in [0.3, 0.4) is 0 Å². The molecule has 8 nitrogen and oxygen atoms in total. The lowest BCUT2D eigenvalue weighted by Crippen LogP contribution is -2.18. The van der Waals surface area contributed by atoms with E-state index in [-0.39, 0.29) is 27.3 Å². The highest BCUT2D eigenvalue weighted by Crippen LogP contribution is 2.27. The number of hydrogen-bond acceptors (Lipinski definition) is 6. The maximum absolute atomic E-state index is 12.9. The van der Waals surface area contributed by atoms with Gasteiger partial charge in [-0.3, -0.25) is 14.9 Å². The van der Waals surface area contributed by atoms with Gasteiger partial charge in [-0.25, -0.2) is 17.4 Å². The van der Waals surface area contributed by atoms with Crippen molar-refractivity contribution >= 4 is 32.5 Å². The normalized spacial score (nSPS) is 11.5. The van der Waals surface area contributed by atoms with Crippen molar-refractivity contribution in [2.24, 2.45) is 0 Å². The maximum atomic E-state index is 12.9. The van der Waals surface area contributed by atoms with Gasteiger partial charge in [-0.1, -0.05) is 18.2 Å². The number of nitrogens with zero attached hydrogens (tertiary/aromatic N) is 3. The first kappa shape index (κ1) is 15.8. The average Bonchev–Trinajstić information content (AvgIpc) is 2.95. The Kier molecular flexibility index (Phi) is 3.64. The first-order valence-corrected chi connectivity index (χ1v) is 8.24. The summed E-state index contributed by atoms with van der Waals surface area (Å²) >= 11 is 0. The number of benzene rings is 1. The van der Waals surface area contributed by atoms with Crippen LogP contribution in [0.2, 0.25) is 0 Å². The number of aromatic nitrogens is 2. The molecule has 0 saturated carbocycles. The summed E-state index contributed by atoms with van der Waals surface area (Å²) in [6, 6.07) is 10.1. The summed E-state index contributed by atoms with van der Waals surface area (Å²) in [7, 11) is -4.07. The maximum Gasteiger partial charge on any atom is 0.288 e. The molecule has 24 heavy (non-hydrogen) atoms. The van der Waals surface area contributed by atoms with Gasteiger partial charge in [0, 0.05) is 18.4 Å². The molecule has 3 aromatic rings. The van der Waals surface area contributed by atoms with Crippen LogP contribution in [0.25, 0.3) is 11.0 Å². The lowest BCUT2D eigenvalue weighted by Gasteiger charge is -2.09. The lowest BCUT2D eigenvalue weighted by atomic mass is 10.2. The molecule has 0 atom stereocenters. The second-order valence-electron chi connectivity index (χ2n) is 5.03. The van der Waals surface area contributed by atoms with E-state index in [1.807, 2.05) is 0 Å². The van der Waals surface area contributed by atoms with Gasteiger partial charge < -0.3 is 0 Å². The number of Topliss-reactive ketones (excluding diaryl/α,β-unsaturated/α-hetero) is 1. The highest BCUT2D eigenvalue weighted by atomic mass is 32.2. The van der Waals surface area contributed by atoms with Gasteiger partial charge >= 0.3 is 0 Å². The van der Waals surface area contributed by atoms with E-state index in [1.54, 1.807) is 18.2 Å². The lowest BCUT2D eigenvalue weighted by molar-refractivity contribution is -0.385. The number of pyridine rings is 1. The minimum atomic E-state index is -4.07. The van der Waals surface area contributed by atoms with Crippen LogP contribution in [0.1, 0.15) is 17.4 Å². The van der Waals surface area contributed by atoms with Crippen LogP contribution >= 0.6 is 0 Å². The number of nitro groups is 1. The molecule has 0 aliphatic heterocycles. The molecule has 2 aromatic heterocycles. The van der Waals surface area contributed by atoms with Crippen LogP contribution in [0.4, 0.5) is 5.69 Å². The quantitative estimate of drug-likeness (QED) is 0.408. The Morgan fingerprint density at radius 1 is 1.21 bits per heavy atom. The van der Waals surface area contributed by atoms with Gasteiger partial charge in [0.1, 0.15) is 11.9 Å². The Labute approximate surface area is 136 Å². The number of ketones is 1. The second-order valence-corrected chi connectivity index (χ2v) is 6.82. The van der Waals surface area contributed by atoms with Crippen LogP contribution in [0.5, 0.6) is 0 Å². The van der Waals surface area contributed by atoms with Crippen LogP contribution in [-0.4, -0.2) is 28.1 Å². The Hall–Kier alpha value is -3.07. The highest BCUT2D eigenvalue weighted by molar-refractivity contribution is 7.90. The molecule has 2 heterocycles. The molecule has 0 aliphatic carbocycles. The fourth-order valence-corrected chi connectivity index (χ4v) is 3.88. The topological polar surface area (TPSA) is 112 Å². The second kappa shape index (κ2) is 5.53. The van der Waals surface area contributed by atoms with Crippen molar-refractivity contribution in [3.8, 4) is 0 Å². The third kappa shape index (κ3) is 2.44. The molecule has 0 fully saturated rings. The zero-order valence-electron chi connectivity index (χ0n) is 12.4. The largest absolute Gasteiger partial charge is 0.293 e. The Balaban J connectivity index is 2.36. The SMILES string of the molecule is CC(=O)c1cc2cc([N+](=O)[O-])cnc2n1S(=O)(=O)c1ccccc1. The molecule has 0 aliphatic rings. The first-order valence-electron chi connectivity index (χ1n) is 6.80. The molecule has 3 rings (SSSR count). The van der Waals surface area contributed by atoms with Gasteiger partial charge in [-0.05, 0) is 18.2 Å². The van der Waals surface area contributed by atoms with Gasteiger partial charge in [0.2, 0.25) is 0 Å². The molecule has 122 valence electrons. The molecule has 0 spiro atoms. The van der Waals surface area contributed by atoms with E-state index >= 15 is 0 Å². The molecule has 0 radical (unpaired) electrons. The van der Waals surface area contributed by atoms with Crippen molar-refractivity contribution in [1.29, 1.82) is 0 Å². The Morgan fingerprint density at radius 3 is 2.46 bits per heavy atom. The van der Waals surface area contributed by atoms with E-state index in [0.717, 1.165) is 10.2 Å². The molecular weight excluding hydrogens is 334 g/mol. The summed E-state index contributed by atoms with van der Waals surface area (Å²) in [5.41, 5.74) is -0.427. The smallest absolute Gasteiger partial charge is 0.288 e. The first-order chi connectivity index (χ1) is 11.3. The molecule has 0 saturated heterocycles. The van der Waals surface area contributed by atoms with E-state index in [1.165, 1.54) is 31.2 Å². The molecule has 9 heteroatoms. The minimum Gasteiger partial charge on any atom is -0.293 e. The van der Waals surface area contributed by atoms with Crippen molar-refractivity contribution in [1.82, 2.24) is 8.96 Å². The molecule has 0 unspecified atom stereocenters. The van der Waals surface area contributed by atoms with Crippen LogP contribution in [-0.2, 0) is 10.0 Å². The Bertz CT molecular complexity index is 1070. The van der Waals surface area contributed by atoms with E-state index in [2.05, 4.69) is 4.98 Å². The van der Waals surface area contributed by atoms with E-state index in [0.29, 0.717) is 0 Å². The zero-order valence-corrected chi connectivity index (χ0v) is 13.2. The number of fused-ring (bicyclic) bond motifs is 1. The number of carbonyl (C=O) groups is 1. The fourth-order valence-electron chi connectivity index (χ4n) is 2.34. The third-order valence-corrected chi connectivity index (χ3v) is 5.16. The summed E-state index contributed by atoms with van der Waals surface area (Å²) in [4.78, 5) is 26.0. The number of carbonyl (C=O) groups excluding carboxylic acids is 1. The monoisotopic (exact) mass is 345 g/mol. The minimum absolute atomic E-state index is 0.00912. The van der Waals surface area contributed by atoms with Gasteiger partial charge in [-0.2, -0.15) is 0 Å². The predicted molar refractivity (Wildman–Crippen MR) is 85.4 cm³/mol. The molecule has 0 amide bonds. The van der Waals surface area contributed by atoms with Crippen molar-refractivity contribution in [2.75, 3.05) is 0 Å². The summed E-state index contributed by atoms with van der Waals surface area (Å²) in [5, 5.41) is 11.1. The van der Waals surface area contributed by atoms with Crippen LogP contribution in [0.15, 0.2) is 53.6 Å².